The molecule has 1 N–H and O–H groups in total. The second kappa shape index (κ2) is 7.84. The lowest BCUT2D eigenvalue weighted by atomic mass is 10.1. The van der Waals surface area contributed by atoms with Crippen LogP contribution in [0.15, 0.2) is 60.0 Å². The molecule has 5 heteroatoms. The van der Waals surface area contributed by atoms with Gasteiger partial charge < -0.3 is 5.32 Å². The Balaban J connectivity index is 1.51. The van der Waals surface area contributed by atoms with Crippen LogP contribution >= 0.6 is 11.3 Å². The van der Waals surface area contributed by atoms with Gasteiger partial charge in [-0.15, -0.1) is 11.3 Å². The van der Waals surface area contributed by atoms with E-state index in [0.717, 1.165) is 24.1 Å². The highest BCUT2D eigenvalue weighted by atomic mass is 32.1. The SMILES string of the molecule is O=C(CCCc1ccccc1)Nc1nc(-c2ccc(F)cc2)cs1. The maximum atomic E-state index is 12.9. The fourth-order valence-electron chi connectivity index (χ4n) is 2.36. The number of benzene rings is 2. The Kier molecular flexibility index (Phi) is 5.33. The van der Waals surface area contributed by atoms with Crippen LogP contribution in [0, 0.1) is 5.82 Å². The van der Waals surface area contributed by atoms with E-state index in [-0.39, 0.29) is 11.7 Å². The van der Waals surface area contributed by atoms with Gasteiger partial charge in [0.15, 0.2) is 5.13 Å². The zero-order valence-corrected chi connectivity index (χ0v) is 13.9. The van der Waals surface area contributed by atoms with E-state index in [4.69, 9.17) is 0 Å². The van der Waals surface area contributed by atoms with E-state index in [9.17, 15) is 9.18 Å². The molecule has 1 amide bonds. The lowest BCUT2D eigenvalue weighted by Crippen LogP contribution is -2.11. The number of hydrogen-bond acceptors (Lipinski definition) is 3. The summed E-state index contributed by atoms with van der Waals surface area (Å²) in [5.74, 6) is -0.313. The fourth-order valence-corrected chi connectivity index (χ4v) is 3.10. The quantitative estimate of drug-likeness (QED) is 0.693. The standard InChI is InChI=1S/C19H17FN2OS/c20-16-11-9-15(10-12-16)17-13-24-19(21-17)22-18(23)8-4-7-14-5-2-1-3-6-14/h1-3,5-6,9-13H,4,7-8H2,(H,21,22,23). The van der Waals surface area contributed by atoms with Crippen molar-refractivity contribution < 1.29 is 9.18 Å². The number of aryl methyl sites for hydroxylation is 1. The van der Waals surface area contributed by atoms with Gasteiger partial charge in [0, 0.05) is 17.4 Å². The molecule has 24 heavy (non-hydrogen) atoms. The van der Waals surface area contributed by atoms with Crippen LogP contribution in [0.3, 0.4) is 0 Å². The maximum Gasteiger partial charge on any atom is 0.226 e. The van der Waals surface area contributed by atoms with Crippen molar-refractivity contribution in [1.29, 1.82) is 0 Å². The number of amides is 1. The topological polar surface area (TPSA) is 42.0 Å². The summed E-state index contributed by atoms with van der Waals surface area (Å²) in [6.07, 6.45) is 2.14. The summed E-state index contributed by atoms with van der Waals surface area (Å²) >= 11 is 1.37. The van der Waals surface area contributed by atoms with E-state index in [2.05, 4.69) is 22.4 Å². The molecule has 0 atom stereocenters. The zero-order valence-electron chi connectivity index (χ0n) is 13.0. The predicted molar refractivity (Wildman–Crippen MR) is 95.5 cm³/mol. The van der Waals surface area contributed by atoms with Crippen molar-refractivity contribution in [3.63, 3.8) is 0 Å². The third-order valence-corrected chi connectivity index (χ3v) is 4.36. The molecule has 0 saturated carbocycles. The first-order valence-corrected chi connectivity index (χ1v) is 8.64. The number of carbonyl (C=O) groups is 1. The van der Waals surface area contributed by atoms with Crippen molar-refractivity contribution in [2.24, 2.45) is 0 Å². The minimum absolute atomic E-state index is 0.0362. The minimum atomic E-state index is -0.277. The number of hydrogen-bond donors (Lipinski definition) is 1. The Labute approximate surface area is 144 Å². The van der Waals surface area contributed by atoms with Crippen LogP contribution in [0.4, 0.5) is 9.52 Å². The molecule has 0 fully saturated rings. The summed E-state index contributed by atoms with van der Waals surface area (Å²) in [4.78, 5) is 16.4. The van der Waals surface area contributed by atoms with Crippen LogP contribution in [-0.4, -0.2) is 10.9 Å². The van der Waals surface area contributed by atoms with Gasteiger partial charge in [-0.1, -0.05) is 30.3 Å². The van der Waals surface area contributed by atoms with E-state index in [1.807, 2.05) is 23.6 Å². The predicted octanol–water partition coefficient (Wildman–Crippen LogP) is 4.91. The van der Waals surface area contributed by atoms with E-state index < -0.39 is 0 Å². The first kappa shape index (κ1) is 16.3. The van der Waals surface area contributed by atoms with Crippen LogP contribution in [0.25, 0.3) is 11.3 Å². The van der Waals surface area contributed by atoms with Crippen molar-refractivity contribution >= 4 is 22.4 Å². The first-order chi connectivity index (χ1) is 11.7. The van der Waals surface area contributed by atoms with E-state index in [1.54, 1.807) is 12.1 Å². The molecule has 0 aliphatic heterocycles. The summed E-state index contributed by atoms with van der Waals surface area (Å²) in [6.45, 7) is 0. The Bertz CT molecular complexity index is 800. The number of carbonyl (C=O) groups excluding carboxylic acids is 1. The van der Waals surface area contributed by atoms with Crippen molar-refractivity contribution in [1.82, 2.24) is 4.98 Å². The van der Waals surface area contributed by atoms with Gasteiger partial charge in [0.1, 0.15) is 5.82 Å². The van der Waals surface area contributed by atoms with Gasteiger partial charge in [-0.3, -0.25) is 4.79 Å². The molecule has 3 aromatic rings. The molecule has 0 spiro atoms. The largest absolute Gasteiger partial charge is 0.302 e. The molecule has 1 aromatic heterocycles. The van der Waals surface area contributed by atoms with Gasteiger partial charge >= 0.3 is 0 Å². The number of nitrogens with zero attached hydrogens (tertiary/aromatic N) is 1. The summed E-state index contributed by atoms with van der Waals surface area (Å²) in [7, 11) is 0. The van der Waals surface area contributed by atoms with Crippen molar-refractivity contribution in [3.8, 4) is 11.3 Å². The molecular formula is C19H17FN2OS. The van der Waals surface area contributed by atoms with Crippen LogP contribution in [0.2, 0.25) is 0 Å². The molecule has 3 nitrogen and oxygen atoms in total. The number of nitrogens with one attached hydrogen (secondary N) is 1. The Hall–Kier alpha value is -2.53. The zero-order chi connectivity index (χ0) is 16.8. The van der Waals surface area contributed by atoms with Gasteiger partial charge in [-0.2, -0.15) is 0 Å². The molecule has 0 radical (unpaired) electrons. The second-order valence-corrected chi connectivity index (χ2v) is 6.29. The Morgan fingerprint density at radius 1 is 1.08 bits per heavy atom. The average molecular weight is 340 g/mol. The molecule has 0 saturated heterocycles. The lowest BCUT2D eigenvalue weighted by Gasteiger charge is -2.02. The molecule has 3 rings (SSSR count). The molecular weight excluding hydrogens is 323 g/mol. The molecule has 0 aliphatic carbocycles. The van der Waals surface area contributed by atoms with Crippen LogP contribution < -0.4 is 5.32 Å². The highest BCUT2D eigenvalue weighted by Gasteiger charge is 2.08. The number of rotatable bonds is 6. The fraction of sp³-hybridized carbons (Fsp3) is 0.158. The number of thiazole rings is 1. The van der Waals surface area contributed by atoms with Gasteiger partial charge in [-0.25, -0.2) is 9.37 Å². The number of anilines is 1. The van der Waals surface area contributed by atoms with Gasteiger partial charge in [-0.05, 0) is 42.7 Å². The molecule has 1 heterocycles. The molecule has 0 aliphatic rings. The van der Waals surface area contributed by atoms with Crippen LogP contribution in [-0.2, 0) is 11.2 Å². The molecule has 2 aromatic carbocycles. The highest BCUT2D eigenvalue weighted by molar-refractivity contribution is 7.14. The third-order valence-electron chi connectivity index (χ3n) is 3.60. The minimum Gasteiger partial charge on any atom is -0.302 e. The summed E-state index contributed by atoms with van der Waals surface area (Å²) in [5, 5.41) is 5.25. The molecule has 0 unspecified atom stereocenters. The van der Waals surface area contributed by atoms with E-state index in [0.29, 0.717) is 11.6 Å². The molecule has 0 bridgehead atoms. The Morgan fingerprint density at radius 3 is 2.58 bits per heavy atom. The maximum absolute atomic E-state index is 12.9. The summed E-state index contributed by atoms with van der Waals surface area (Å²) < 4.78 is 12.9. The number of aromatic nitrogens is 1. The smallest absolute Gasteiger partial charge is 0.226 e. The van der Waals surface area contributed by atoms with Crippen molar-refractivity contribution in [2.75, 3.05) is 5.32 Å². The summed E-state index contributed by atoms with van der Waals surface area (Å²) in [6, 6.07) is 16.3. The lowest BCUT2D eigenvalue weighted by molar-refractivity contribution is -0.116. The average Bonchev–Trinajstić information content (AvgIpc) is 3.05. The van der Waals surface area contributed by atoms with Gasteiger partial charge in [0.25, 0.3) is 0 Å². The summed E-state index contributed by atoms with van der Waals surface area (Å²) in [5.41, 5.74) is 2.80. The van der Waals surface area contributed by atoms with Crippen molar-refractivity contribution in [2.45, 2.75) is 19.3 Å². The Morgan fingerprint density at radius 2 is 1.83 bits per heavy atom. The van der Waals surface area contributed by atoms with Crippen LogP contribution in [0.5, 0.6) is 0 Å². The third kappa shape index (κ3) is 4.49. The highest BCUT2D eigenvalue weighted by Crippen LogP contribution is 2.25. The number of halogens is 1. The second-order valence-electron chi connectivity index (χ2n) is 5.43. The molecule has 122 valence electrons. The van der Waals surface area contributed by atoms with Gasteiger partial charge in [0.2, 0.25) is 5.91 Å². The monoisotopic (exact) mass is 340 g/mol. The van der Waals surface area contributed by atoms with Crippen LogP contribution in [0.1, 0.15) is 18.4 Å². The first-order valence-electron chi connectivity index (χ1n) is 7.76. The normalized spacial score (nSPS) is 10.5. The van der Waals surface area contributed by atoms with E-state index >= 15 is 0 Å². The van der Waals surface area contributed by atoms with Gasteiger partial charge in [0.05, 0.1) is 5.69 Å². The van der Waals surface area contributed by atoms with E-state index in [1.165, 1.54) is 29.0 Å². The van der Waals surface area contributed by atoms with Crippen molar-refractivity contribution in [3.05, 3.63) is 71.4 Å².